The summed E-state index contributed by atoms with van der Waals surface area (Å²) in [6.07, 6.45) is 1.72. The fourth-order valence-corrected chi connectivity index (χ4v) is 2.02. The average molecular weight is 283 g/mol. The van der Waals surface area contributed by atoms with Crippen LogP contribution in [0.5, 0.6) is 0 Å². The van der Waals surface area contributed by atoms with Crippen LogP contribution in [0.2, 0.25) is 5.02 Å². The average Bonchev–Trinajstić information content (AvgIpc) is 2.43. The summed E-state index contributed by atoms with van der Waals surface area (Å²) < 4.78 is 0. The van der Waals surface area contributed by atoms with Crippen molar-refractivity contribution in [2.75, 3.05) is 0 Å². The molecule has 0 heterocycles. The van der Waals surface area contributed by atoms with Crippen LogP contribution in [0.25, 0.3) is 0 Å². The van der Waals surface area contributed by atoms with Crippen molar-refractivity contribution in [2.45, 2.75) is 45.7 Å². The van der Waals surface area contributed by atoms with E-state index in [0.29, 0.717) is 5.02 Å². The maximum absolute atomic E-state index is 12.1. The highest BCUT2D eigenvalue weighted by Gasteiger charge is 2.22. The molecule has 1 amide bonds. The highest BCUT2D eigenvalue weighted by atomic mass is 35.5. The summed E-state index contributed by atoms with van der Waals surface area (Å²) in [6, 6.07) is 7.07. The molecular weight excluding hydrogens is 260 g/mol. The van der Waals surface area contributed by atoms with E-state index in [0.717, 1.165) is 18.4 Å². The van der Waals surface area contributed by atoms with E-state index in [1.807, 2.05) is 45.0 Å². The molecule has 0 aliphatic rings. The summed E-state index contributed by atoms with van der Waals surface area (Å²) in [5.41, 5.74) is 7.00. The number of carbonyl (C=O) groups is 1. The molecule has 1 rings (SSSR count). The van der Waals surface area contributed by atoms with Gasteiger partial charge in [0.2, 0.25) is 5.91 Å². The molecule has 0 saturated carbocycles. The number of hydrogen-bond acceptors (Lipinski definition) is 2. The maximum atomic E-state index is 12.1. The van der Waals surface area contributed by atoms with Gasteiger partial charge >= 0.3 is 0 Å². The predicted molar refractivity (Wildman–Crippen MR) is 80.1 cm³/mol. The number of nitrogens with one attached hydrogen (secondary N) is 1. The second-order valence-corrected chi connectivity index (χ2v) is 5.37. The Morgan fingerprint density at radius 3 is 2.32 bits per heavy atom. The fraction of sp³-hybridized carbons (Fsp3) is 0.533. The van der Waals surface area contributed by atoms with E-state index in [-0.39, 0.29) is 17.9 Å². The quantitative estimate of drug-likeness (QED) is 0.841. The van der Waals surface area contributed by atoms with Gasteiger partial charge < -0.3 is 11.1 Å². The first-order valence-electron chi connectivity index (χ1n) is 6.81. The van der Waals surface area contributed by atoms with Crippen molar-refractivity contribution in [3.63, 3.8) is 0 Å². The van der Waals surface area contributed by atoms with Gasteiger partial charge in [0.05, 0.1) is 12.1 Å². The van der Waals surface area contributed by atoms with E-state index in [9.17, 15) is 4.79 Å². The summed E-state index contributed by atoms with van der Waals surface area (Å²) in [5, 5.41) is 3.71. The van der Waals surface area contributed by atoms with Crippen molar-refractivity contribution in [2.24, 2.45) is 11.7 Å². The highest BCUT2D eigenvalue weighted by molar-refractivity contribution is 6.30. The van der Waals surface area contributed by atoms with Gasteiger partial charge in [-0.25, -0.2) is 0 Å². The standard InChI is InChI=1S/C15H23ClN2O/c1-4-10(3)14(17)15(19)18-13(5-2)11-6-8-12(16)9-7-11/h6-10,13-14H,4-5,17H2,1-3H3,(H,18,19)/t10?,13?,14-/m0/s1. The van der Waals surface area contributed by atoms with Gasteiger partial charge in [0.15, 0.2) is 0 Å². The van der Waals surface area contributed by atoms with Crippen LogP contribution in [-0.2, 0) is 4.79 Å². The zero-order valence-electron chi connectivity index (χ0n) is 11.8. The third kappa shape index (κ3) is 4.51. The number of carbonyl (C=O) groups excluding carboxylic acids is 1. The largest absolute Gasteiger partial charge is 0.348 e. The molecule has 1 aromatic carbocycles. The van der Waals surface area contributed by atoms with Gasteiger partial charge in [-0.2, -0.15) is 0 Å². The molecule has 0 aromatic heterocycles. The molecule has 0 spiro atoms. The molecule has 0 bridgehead atoms. The van der Waals surface area contributed by atoms with E-state index < -0.39 is 6.04 Å². The maximum Gasteiger partial charge on any atom is 0.237 e. The van der Waals surface area contributed by atoms with Crippen molar-refractivity contribution in [1.82, 2.24) is 5.32 Å². The number of hydrogen-bond donors (Lipinski definition) is 2. The molecule has 3 atom stereocenters. The van der Waals surface area contributed by atoms with Crippen LogP contribution < -0.4 is 11.1 Å². The molecule has 106 valence electrons. The van der Waals surface area contributed by atoms with Gasteiger partial charge in [0, 0.05) is 5.02 Å². The predicted octanol–water partition coefficient (Wildman–Crippen LogP) is 3.28. The van der Waals surface area contributed by atoms with Crippen LogP contribution in [0, 0.1) is 5.92 Å². The van der Waals surface area contributed by atoms with Crippen LogP contribution in [-0.4, -0.2) is 11.9 Å². The van der Waals surface area contributed by atoms with E-state index in [4.69, 9.17) is 17.3 Å². The molecule has 19 heavy (non-hydrogen) atoms. The normalized spacial score (nSPS) is 15.6. The lowest BCUT2D eigenvalue weighted by Crippen LogP contribution is -2.45. The molecule has 3 N–H and O–H groups in total. The van der Waals surface area contributed by atoms with Crippen LogP contribution in [0.3, 0.4) is 0 Å². The topological polar surface area (TPSA) is 55.1 Å². The van der Waals surface area contributed by atoms with E-state index in [1.54, 1.807) is 0 Å². The molecular formula is C15H23ClN2O. The number of nitrogens with two attached hydrogens (primary N) is 1. The molecule has 0 saturated heterocycles. The van der Waals surface area contributed by atoms with Crippen molar-refractivity contribution in [1.29, 1.82) is 0 Å². The van der Waals surface area contributed by atoms with Gasteiger partial charge in [-0.05, 0) is 30.0 Å². The van der Waals surface area contributed by atoms with Crippen LogP contribution in [0.1, 0.15) is 45.2 Å². The first kappa shape index (κ1) is 16.0. The molecule has 0 fully saturated rings. The second-order valence-electron chi connectivity index (χ2n) is 4.93. The van der Waals surface area contributed by atoms with Gasteiger partial charge in [-0.1, -0.05) is 50.9 Å². The Balaban J connectivity index is 2.72. The SMILES string of the molecule is CCC(NC(=O)[C@@H](N)C(C)CC)c1ccc(Cl)cc1. The van der Waals surface area contributed by atoms with Gasteiger partial charge in [0.1, 0.15) is 0 Å². The molecule has 0 radical (unpaired) electrons. The molecule has 3 nitrogen and oxygen atoms in total. The van der Waals surface area contributed by atoms with E-state index in [1.165, 1.54) is 0 Å². The summed E-state index contributed by atoms with van der Waals surface area (Å²) in [7, 11) is 0. The number of halogens is 1. The molecule has 2 unspecified atom stereocenters. The van der Waals surface area contributed by atoms with Crippen LogP contribution in [0.15, 0.2) is 24.3 Å². The highest BCUT2D eigenvalue weighted by Crippen LogP contribution is 2.19. The molecule has 0 aliphatic carbocycles. The molecule has 0 aliphatic heterocycles. The van der Waals surface area contributed by atoms with Crippen molar-refractivity contribution in [3.8, 4) is 0 Å². The lowest BCUT2D eigenvalue weighted by Gasteiger charge is -2.23. The molecule has 1 aromatic rings. The van der Waals surface area contributed by atoms with E-state index >= 15 is 0 Å². The summed E-state index contributed by atoms with van der Waals surface area (Å²) in [6.45, 7) is 6.07. The Morgan fingerprint density at radius 1 is 1.26 bits per heavy atom. The number of benzene rings is 1. The molecule has 4 heteroatoms. The van der Waals surface area contributed by atoms with E-state index in [2.05, 4.69) is 5.32 Å². The lowest BCUT2D eigenvalue weighted by atomic mass is 9.98. The Labute approximate surface area is 120 Å². The van der Waals surface area contributed by atoms with Gasteiger partial charge in [0.25, 0.3) is 0 Å². The minimum Gasteiger partial charge on any atom is -0.348 e. The first-order chi connectivity index (χ1) is 8.99. The second kappa shape index (κ2) is 7.51. The van der Waals surface area contributed by atoms with Crippen molar-refractivity contribution >= 4 is 17.5 Å². The summed E-state index contributed by atoms with van der Waals surface area (Å²) >= 11 is 5.87. The third-order valence-corrected chi connectivity index (χ3v) is 3.81. The Morgan fingerprint density at radius 2 is 1.84 bits per heavy atom. The van der Waals surface area contributed by atoms with Gasteiger partial charge in [-0.15, -0.1) is 0 Å². The fourth-order valence-electron chi connectivity index (χ4n) is 1.90. The van der Waals surface area contributed by atoms with Gasteiger partial charge in [-0.3, -0.25) is 4.79 Å². The smallest absolute Gasteiger partial charge is 0.237 e. The monoisotopic (exact) mass is 282 g/mol. The van der Waals surface area contributed by atoms with Crippen LogP contribution >= 0.6 is 11.6 Å². The Bertz CT molecular complexity index is 405. The first-order valence-corrected chi connectivity index (χ1v) is 7.18. The number of rotatable bonds is 6. The Kier molecular flexibility index (Phi) is 6.32. The van der Waals surface area contributed by atoms with Crippen molar-refractivity contribution < 1.29 is 4.79 Å². The van der Waals surface area contributed by atoms with Crippen molar-refractivity contribution in [3.05, 3.63) is 34.9 Å². The minimum absolute atomic E-state index is 0.0140. The lowest BCUT2D eigenvalue weighted by molar-refractivity contribution is -0.124. The number of amides is 1. The third-order valence-electron chi connectivity index (χ3n) is 3.56. The van der Waals surface area contributed by atoms with Crippen LogP contribution in [0.4, 0.5) is 0 Å². The summed E-state index contributed by atoms with van der Waals surface area (Å²) in [4.78, 5) is 12.1. The zero-order valence-corrected chi connectivity index (χ0v) is 12.6. The minimum atomic E-state index is -0.452. The summed E-state index contributed by atoms with van der Waals surface area (Å²) in [5.74, 6) is 0.0962. The zero-order chi connectivity index (χ0) is 14.4. The Hall–Kier alpha value is -1.06.